The average molecular weight is 588 g/mol. The molecule has 39 heavy (non-hydrogen) atoms. The van der Waals surface area contributed by atoms with Gasteiger partial charge in [0.15, 0.2) is 9.84 Å². The predicted molar refractivity (Wildman–Crippen MR) is 154 cm³/mol. The summed E-state index contributed by atoms with van der Waals surface area (Å²) in [4.78, 5) is 32.4. The maximum absolute atomic E-state index is 13.4. The standard InChI is InChI=1S/C26H26FN5O4S3/c1-16-20(13-22-25(34)32(26(37)38-22)19-7-12-39(35,36)15-19)23(29(2)24(33)21(16)14-28)31-10-8-30(9-11-31)18-5-3-17(27)4-6-18/h3-6,13,19H,7-12,15H2,1-2H3. The summed E-state index contributed by atoms with van der Waals surface area (Å²) in [5, 5.41) is 9.73. The van der Waals surface area contributed by atoms with Crippen LogP contribution in [0.25, 0.3) is 6.08 Å². The number of hydrogen-bond donors (Lipinski definition) is 0. The fourth-order valence-corrected chi connectivity index (χ4v) is 8.41. The van der Waals surface area contributed by atoms with Crippen molar-refractivity contribution in [2.75, 3.05) is 47.5 Å². The number of amides is 1. The number of carbonyl (C=O) groups is 1. The van der Waals surface area contributed by atoms with Gasteiger partial charge in [0, 0.05) is 44.5 Å². The highest BCUT2D eigenvalue weighted by Gasteiger charge is 2.42. The molecule has 5 rings (SSSR count). The minimum Gasteiger partial charge on any atom is -0.368 e. The van der Waals surface area contributed by atoms with E-state index in [-0.39, 0.29) is 28.8 Å². The predicted octanol–water partition coefficient (Wildman–Crippen LogP) is 2.42. The van der Waals surface area contributed by atoms with Gasteiger partial charge in [-0.15, -0.1) is 0 Å². The van der Waals surface area contributed by atoms with Crippen LogP contribution in [0, 0.1) is 24.1 Å². The fraction of sp³-hybridized carbons (Fsp3) is 0.385. The van der Waals surface area contributed by atoms with Crippen LogP contribution in [0.5, 0.6) is 0 Å². The van der Waals surface area contributed by atoms with Crippen molar-refractivity contribution in [2.45, 2.75) is 19.4 Å². The minimum absolute atomic E-state index is 0.00480. The Morgan fingerprint density at radius 1 is 1.13 bits per heavy atom. The van der Waals surface area contributed by atoms with Gasteiger partial charge in [0.05, 0.1) is 22.5 Å². The van der Waals surface area contributed by atoms with E-state index in [1.54, 1.807) is 32.2 Å². The quantitative estimate of drug-likeness (QED) is 0.394. The third-order valence-corrected chi connectivity index (χ3v) is 10.5. The second-order valence-electron chi connectivity index (χ2n) is 9.77. The summed E-state index contributed by atoms with van der Waals surface area (Å²) in [6, 6.07) is 7.81. The molecular formula is C26H26FN5O4S3. The van der Waals surface area contributed by atoms with E-state index < -0.39 is 21.4 Å². The number of pyridine rings is 1. The largest absolute Gasteiger partial charge is 0.368 e. The molecule has 9 nitrogen and oxygen atoms in total. The van der Waals surface area contributed by atoms with Crippen LogP contribution in [0.15, 0.2) is 34.0 Å². The summed E-state index contributed by atoms with van der Waals surface area (Å²) in [6.07, 6.45) is 2.00. The normalized spacial score (nSPS) is 22.2. The molecule has 3 aliphatic rings. The molecule has 1 amide bonds. The number of sulfone groups is 1. The third-order valence-electron chi connectivity index (χ3n) is 7.41. The van der Waals surface area contributed by atoms with Crippen LogP contribution in [-0.2, 0) is 21.7 Å². The molecule has 1 unspecified atom stereocenters. The molecule has 0 bridgehead atoms. The van der Waals surface area contributed by atoms with Gasteiger partial charge in [-0.1, -0.05) is 24.0 Å². The summed E-state index contributed by atoms with van der Waals surface area (Å²) in [6.45, 7) is 4.04. The topological polar surface area (TPSA) is 107 Å². The van der Waals surface area contributed by atoms with Crippen LogP contribution in [0.1, 0.15) is 23.1 Å². The summed E-state index contributed by atoms with van der Waals surface area (Å²) in [5.74, 6) is -0.180. The van der Waals surface area contributed by atoms with Crippen molar-refractivity contribution < 1.29 is 17.6 Å². The number of halogens is 1. The van der Waals surface area contributed by atoms with E-state index in [4.69, 9.17) is 12.2 Å². The zero-order valence-corrected chi connectivity index (χ0v) is 23.8. The van der Waals surface area contributed by atoms with Crippen LogP contribution < -0.4 is 15.4 Å². The molecule has 0 N–H and O–H groups in total. The molecule has 13 heteroatoms. The molecule has 0 spiro atoms. The number of nitrogens with zero attached hydrogens (tertiary/aromatic N) is 5. The number of rotatable bonds is 4. The van der Waals surface area contributed by atoms with Gasteiger partial charge in [-0.25, -0.2) is 12.8 Å². The van der Waals surface area contributed by atoms with E-state index in [2.05, 4.69) is 4.90 Å². The van der Waals surface area contributed by atoms with E-state index in [0.29, 0.717) is 58.8 Å². The molecule has 1 atom stereocenters. The molecule has 204 valence electrons. The number of hydrogen-bond acceptors (Lipinski definition) is 9. The van der Waals surface area contributed by atoms with Crippen molar-refractivity contribution in [3.05, 3.63) is 62.0 Å². The van der Waals surface area contributed by atoms with Crippen molar-refractivity contribution in [1.82, 2.24) is 9.47 Å². The van der Waals surface area contributed by atoms with Crippen molar-refractivity contribution in [3.63, 3.8) is 0 Å². The van der Waals surface area contributed by atoms with Crippen LogP contribution in [0.2, 0.25) is 0 Å². The van der Waals surface area contributed by atoms with E-state index >= 15 is 0 Å². The number of thiocarbonyl (C=S) groups is 1. The molecule has 3 saturated heterocycles. The zero-order valence-electron chi connectivity index (χ0n) is 21.4. The van der Waals surface area contributed by atoms with Gasteiger partial charge in [-0.3, -0.25) is 19.1 Å². The third kappa shape index (κ3) is 5.08. The second kappa shape index (κ2) is 10.4. The van der Waals surface area contributed by atoms with Gasteiger partial charge in [-0.2, -0.15) is 5.26 Å². The maximum Gasteiger partial charge on any atom is 0.270 e. The summed E-state index contributed by atoms with van der Waals surface area (Å²) in [7, 11) is -1.61. The number of anilines is 2. The SMILES string of the molecule is Cc1c(C=C2SC(=S)N(C3CCS(=O)(=O)C3)C2=O)c(N2CCN(c3ccc(F)cc3)CC2)n(C)c(=O)c1C#N. The Kier molecular flexibility index (Phi) is 7.30. The first-order valence-corrected chi connectivity index (χ1v) is 15.4. The molecule has 1 aromatic heterocycles. The molecule has 4 heterocycles. The van der Waals surface area contributed by atoms with E-state index in [0.717, 1.165) is 17.4 Å². The number of nitriles is 1. The Morgan fingerprint density at radius 3 is 2.36 bits per heavy atom. The van der Waals surface area contributed by atoms with Crippen molar-refractivity contribution in [2.24, 2.45) is 7.05 Å². The minimum atomic E-state index is -3.22. The number of benzene rings is 1. The molecule has 0 aliphatic carbocycles. The monoisotopic (exact) mass is 587 g/mol. The first-order valence-electron chi connectivity index (χ1n) is 12.4. The van der Waals surface area contributed by atoms with Crippen molar-refractivity contribution in [1.29, 1.82) is 5.26 Å². The van der Waals surface area contributed by atoms with E-state index in [1.165, 1.54) is 21.6 Å². The molecular weight excluding hydrogens is 562 g/mol. The highest BCUT2D eigenvalue weighted by atomic mass is 32.2. The highest BCUT2D eigenvalue weighted by Crippen LogP contribution is 2.38. The van der Waals surface area contributed by atoms with E-state index in [1.807, 2.05) is 11.0 Å². The van der Waals surface area contributed by atoms with E-state index in [9.17, 15) is 27.7 Å². The average Bonchev–Trinajstić information content (AvgIpc) is 3.40. The van der Waals surface area contributed by atoms with Gasteiger partial charge in [-0.05, 0) is 49.2 Å². The first kappa shape index (κ1) is 27.4. The smallest absolute Gasteiger partial charge is 0.270 e. The number of thioether (sulfide) groups is 1. The maximum atomic E-state index is 13.4. The van der Waals surface area contributed by atoms with Crippen LogP contribution in [0.4, 0.5) is 15.9 Å². The van der Waals surface area contributed by atoms with Gasteiger partial charge in [0.2, 0.25) is 0 Å². The Morgan fingerprint density at radius 2 is 1.77 bits per heavy atom. The lowest BCUT2D eigenvalue weighted by atomic mass is 10.0. The zero-order chi connectivity index (χ0) is 28.1. The Labute approximate surface area is 235 Å². The van der Waals surface area contributed by atoms with Crippen molar-refractivity contribution in [3.8, 4) is 6.07 Å². The number of aromatic nitrogens is 1. The lowest BCUT2D eigenvalue weighted by Gasteiger charge is -2.38. The van der Waals surface area contributed by atoms with Gasteiger partial charge >= 0.3 is 0 Å². The van der Waals surface area contributed by atoms with Crippen LogP contribution in [0.3, 0.4) is 0 Å². The number of piperazine rings is 1. The van der Waals surface area contributed by atoms with Gasteiger partial charge in [0.25, 0.3) is 11.5 Å². The van der Waals surface area contributed by atoms with Crippen LogP contribution >= 0.6 is 24.0 Å². The van der Waals surface area contributed by atoms with Crippen molar-refractivity contribution >= 4 is 61.6 Å². The lowest BCUT2D eigenvalue weighted by Crippen LogP contribution is -2.48. The Balaban J connectivity index is 1.50. The Bertz CT molecular complexity index is 1600. The molecule has 2 aromatic rings. The Hall–Kier alpha value is -3.21. The lowest BCUT2D eigenvalue weighted by molar-refractivity contribution is -0.123. The molecule has 3 aliphatic heterocycles. The second-order valence-corrected chi connectivity index (χ2v) is 13.7. The summed E-state index contributed by atoms with van der Waals surface area (Å²) < 4.78 is 39.2. The molecule has 0 radical (unpaired) electrons. The van der Waals surface area contributed by atoms with Crippen LogP contribution in [-0.4, -0.2) is 71.8 Å². The first-order chi connectivity index (χ1) is 18.5. The number of carbonyl (C=O) groups excluding carboxylic acids is 1. The summed E-state index contributed by atoms with van der Waals surface area (Å²) in [5.41, 5.74) is 1.51. The van der Waals surface area contributed by atoms with Gasteiger partial charge in [0.1, 0.15) is 27.6 Å². The molecule has 3 fully saturated rings. The molecule has 1 aromatic carbocycles. The summed E-state index contributed by atoms with van der Waals surface area (Å²) >= 11 is 6.56. The highest BCUT2D eigenvalue weighted by molar-refractivity contribution is 8.26. The molecule has 0 saturated carbocycles. The van der Waals surface area contributed by atoms with Gasteiger partial charge < -0.3 is 9.80 Å². The fourth-order valence-electron chi connectivity index (χ4n) is 5.33.